The third kappa shape index (κ3) is 3.40. The molecule has 0 aliphatic rings. The average molecular weight is 261 g/mol. The van der Waals surface area contributed by atoms with Crippen LogP contribution in [0.5, 0.6) is 0 Å². The molecule has 5 heteroatoms. The van der Waals surface area contributed by atoms with Crippen molar-refractivity contribution in [3.05, 3.63) is 53.1 Å². The summed E-state index contributed by atoms with van der Waals surface area (Å²) >= 11 is 0. The number of aromatic nitrogens is 2. The molecule has 0 radical (unpaired) electrons. The summed E-state index contributed by atoms with van der Waals surface area (Å²) in [5, 5.41) is 9.44. The Kier molecular flexibility index (Phi) is 3.94. The fraction of sp³-hybridized carbons (Fsp3) is 0.286. The predicted octanol–water partition coefficient (Wildman–Crippen LogP) is 2.22. The summed E-state index contributed by atoms with van der Waals surface area (Å²) in [5.41, 5.74) is 2.27. The number of hydrogen-bond donors (Lipinski definition) is 2. The van der Waals surface area contributed by atoms with Crippen molar-refractivity contribution in [3.63, 3.8) is 0 Å². The molecule has 0 aliphatic carbocycles. The third-order valence-electron chi connectivity index (χ3n) is 2.91. The van der Waals surface area contributed by atoms with Gasteiger partial charge < -0.3 is 5.32 Å². The van der Waals surface area contributed by atoms with Crippen LogP contribution in [0.1, 0.15) is 28.5 Å². The summed E-state index contributed by atoms with van der Waals surface area (Å²) in [7, 11) is 0. The zero-order valence-corrected chi connectivity index (χ0v) is 10.9. The highest BCUT2D eigenvalue weighted by atomic mass is 19.1. The van der Waals surface area contributed by atoms with Crippen LogP contribution >= 0.6 is 0 Å². The number of aromatic amines is 1. The SMILES string of the molecule is Cc1[nH]ncc1C(=O)NC(C)Cc1ccc(F)cc1. The Labute approximate surface area is 111 Å². The van der Waals surface area contributed by atoms with Crippen molar-refractivity contribution >= 4 is 5.91 Å². The number of hydrogen-bond acceptors (Lipinski definition) is 2. The van der Waals surface area contributed by atoms with Crippen LogP contribution in [0, 0.1) is 12.7 Å². The Morgan fingerprint density at radius 3 is 2.68 bits per heavy atom. The van der Waals surface area contributed by atoms with Crippen LogP contribution in [0.25, 0.3) is 0 Å². The lowest BCUT2D eigenvalue weighted by molar-refractivity contribution is 0.0939. The Bertz CT molecular complexity index is 562. The number of H-pyrrole nitrogens is 1. The molecule has 4 nitrogen and oxygen atoms in total. The maximum atomic E-state index is 12.8. The first-order chi connectivity index (χ1) is 9.06. The lowest BCUT2D eigenvalue weighted by Crippen LogP contribution is -2.34. The maximum absolute atomic E-state index is 12.8. The summed E-state index contributed by atoms with van der Waals surface area (Å²) in [6.07, 6.45) is 2.16. The van der Waals surface area contributed by atoms with E-state index in [1.807, 2.05) is 6.92 Å². The number of halogens is 1. The molecule has 100 valence electrons. The second-order valence-electron chi connectivity index (χ2n) is 4.61. The molecule has 1 aromatic carbocycles. The Balaban J connectivity index is 1.94. The van der Waals surface area contributed by atoms with E-state index in [1.54, 1.807) is 19.1 Å². The molecule has 0 saturated heterocycles. The minimum atomic E-state index is -0.255. The molecule has 0 fully saturated rings. The number of benzene rings is 1. The normalized spacial score (nSPS) is 12.2. The van der Waals surface area contributed by atoms with Gasteiger partial charge >= 0.3 is 0 Å². The maximum Gasteiger partial charge on any atom is 0.254 e. The minimum Gasteiger partial charge on any atom is -0.349 e. The molecule has 2 rings (SSSR count). The number of nitrogens with one attached hydrogen (secondary N) is 2. The number of carbonyl (C=O) groups excluding carboxylic acids is 1. The van der Waals surface area contributed by atoms with Gasteiger partial charge in [0.2, 0.25) is 0 Å². The van der Waals surface area contributed by atoms with Crippen LogP contribution in [0.4, 0.5) is 4.39 Å². The predicted molar refractivity (Wildman–Crippen MR) is 70.4 cm³/mol. The van der Waals surface area contributed by atoms with Gasteiger partial charge in [-0.15, -0.1) is 0 Å². The van der Waals surface area contributed by atoms with Gasteiger partial charge in [-0.2, -0.15) is 5.10 Å². The van der Waals surface area contributed by atoms with Crippen LogP contribution in [0.3, 0.4) is 0 Å². The number of rotatable bonds is 4. The van der Waals surface area contributed by atoms with E-state index < -0.39 is 0 Å². The molecule has 1 atom stereocenters. The summed E-state index contributed by atoms with van der Waals surface area (Å²) in [6.45, 7) is 3.71. The number of carbonyl (C=O) groups is 1. The molecule has 1 heterocycles. The first-order valence-corrected chi connectivity index (χ1v) is 6.11. The smallest absolute Gasteiger partial charge is 0.254 e. The van der Waals surface area contributed by atoms with E-state index in [9.17, 15) is 9.18 Å². The molecule has 1 aromatic heterocycles. The van der Waals surface area contributed by atoms with Gasteiger partial charge in [-0.1, -0.05) is 12.1 Å². The zero-order chi connectivity index (χ0) is 13.8. The van der Waals surface area contributed by atoms with E-state index in [0.29, 0.717) is 12.0 Å². The monoisotopic (exact) mass is 261 g/mol. The lowest BCUT2D eigenvalue weighted by Gasteiger charge is -2.13. The van der Waals surface area contributed by atoms with Crippen LogP contribution in [0.2, 0.25) is 0 Å². The van der Waals surface area contributed by atoms with E-state index in [-0.39, 0.29) is 17.8 Å². The second-order valence-corrected chi connectivity index (χ2v) is 4.61. The standard InChI is InChI=1S/C14H16FN3O/c1-9(7-11-3-5-12(15)6-4-11)17-14(19)13-8-16-18-10(13)2/h3-6,8-9H,7H2,1-2H3,(H,16,18)(H,17,19). The van der Waals surface area contributed by atoms with Crippen LogP contribution in [-0.2, 0) is 6.42 Å². The van der Waals surface area contributed by atoms with Gasteiger partial charge in [-0.05, 0) is 38.0 Å². The molecular weight excluding hydrogens is 245 g/mol. The van der Waals surface area contributed by atoms with E-state index >= 15 is 0 Å². The molecule has 0 bridgehead atoms. The van der Waals surface area contributed by atoms with Crippen molar-refractivity contribution in [2.24, 2.45) is 0 Å². The Hall–Kier alpha value is -2.17. The summed E-state index contributed by atoms with van der Waals surface area (Å²) in [6, 6.07) is 6.25. The number of amides is 1. The molecule has 2 N–H and O–H groups in total. The van der Waals surface area contributed by atoms with Crippen molar-refractivity contribution in [1.29, 1.82) is 0 Å². The van der Waals surface area contributed by atoms with Crippen LogP contribution in [-0.4, -0.2) is 22.1 Å². The van der Waals surface area contributed by atoms with Gasteiger partial charge in [0.15, 0.2) is 0 Å². The first kappa shape index (κ1) is 13.3. The highest BCUT2D eigenvalue weighted by Crippen LogP contribution is 2.07. The molecule has 0 aliphatic heterocycles. The molecule has 1 unspecified atom stereocenters. The van der Waals surface area contributed by atoms with Crippen molar-refractivity contribution in [1.82, 2.24) is 15.5 Å². The first-order valence-electron chi connectivity index (χ1n) is 6.11. The van der Waals surface area contributed by atoms with E-state index in [0.717, 1.165) is 11.3 Å². The molecule has 19 heavy (non-hydrogen) atoms. The molecule has 1 amide bonds. The van der Waals surface area contributed by atoms with Crippen molar-refractivity contribution < 1.29 is 9.18 Å². The quantitative estimate of drug-likeness (QED) is 0.886. The molecular formula is C14H16FN3O. The largest absolute Gasteiger partial charge is 0.349 e. The minimum absolute atomic E-state index is 0.0349. The second kappa shape index (κ2) is 5.65. The van der Waals surface area contributed by atoms with Crippen LogP contribution in [0.15, 0.2) is 30.5 Å². The lowest BCUT2D eigenvalue weighted by atomic mass is 10.1. The number of aryl methyl sites for hydroxylation is 1. The van der Waals surface area contributed by atoms with E-state index in [4.69, 9.17) is 0 Å². The molecule has 0 spiro atoms. The average Bonchev–Trinajstić information content (AvgIpc) is 2.78. The molecule has 0 saturated carbocycles. The third-order valence-corrected chi connectivity index (χ3v) is 2.91. The van der Waals surface area contributed by atoms with E-state index in [1.165, 1.54) is 18.3 Å². The highest BCUT2D eigenvalue weighted by Gasteiger charge is 2.13. The highest BCUT2D eigenvalue weighted by molar-refractivity contribution is 5.95. The van der Waals surface area contributed by atoms with Gasteiger partial charge in [-0.3, -0.25) is 9.89 Å². The fourth-order valence-electron chi connectivity index (χ4n) is 1.91. The topological polar surface area (TPSA) is 57.8 Å². The van der Waals surface area contributed by atoms with Gasteiger partial charge in [0.1, 0.15) is 5.82 Å². The molecule has 2 aromatic rings. The van der Waals surface area contributed by atoms with E-state index in [2.05, 4.69) is 15.5 Å². The zero-order valence-electron chi connectivity index (χ0n) is 10.9. The Morgan fingerprint density at radius 1 is 1.42 bits per heavy atom. The Morgan fingerprint density at radius 2 is 2.11 bits per heavy atom. The van der Waals surface area contributed by atoms with Crippen molar-refractivity contribution in [3.8, 4) is 0 Å². The van der Waals surface area contributed by atoms with Crippen molar-refractivity contribution in [2.75, 3.05) is 0 Å². The summed E-state index contributed by atoms with van der Waals surface area (Å²) < 4.78 is 12.8. The summed E-state index contributed by atoms with van der Waals surface area (Å²) in [5.74, 6) is -0.407. The fourth-order valence-corrected chi connectivity index (χ4v) is 1.91. The van der Waals surface area contributed by atoms with Crippen LogP contribution < -0.4 is 5.32 Å². The number of nitrogens with zero attached hydrogens (tertiary/aromatic N) is 1. The van der Waals surface area contributed by atoms with Gasteiger partial charge in [0.25, 0.3) is 5.91 Å². The van der Waals surface area contributed by atoms with Gasteiger partial charge in [-0.25, -0.2) is 4.39 Å². The summed E-state index contributed by atoms with van der Waals surface area (Å²) in [4.78, 5) is 12.0. The van der Waals surface area contributed by atoms with Gasteiger partial charge in [0, 0.05) is 11.7 Å². The van der Waals surface area contributed by atoms with Crippen molar-refractivity contribution in [2.45, 2.75) is 26.3 Å². The van der Waals surface area contributed by atoms with Gasteiger partial charge in [0.05, 0.1) is 11.8 Å².